The van der Waals surface area contributed by atoms with Crippen molar-refractivity contribution in [3.8, 4) is 5.75 Å². The lowest BCUT2D eigenvalue weighted by molar-refractivity contribution is -0.130. The number of esters is 1. The summed E-state index contributed by atoms with van der Waals surface area (Å²) in [5.74, 6) is 0.188. The summed E-state index contributed by atoms with van der Waals surface area (Å²) >= 11 is 0. The van der Waals surface area contributed by atoms with E-state index in [1.54, 1.807) is 6.92 Å². The van der Waals surface area contributed by atoms with Crippen molar-refractivity contribution in [3.05, 3.63) is 42.0 Å². The van der Waals surface area contributed by atoms with Gasteiger partial charge in [-0.3, -0.25) is 0 Å². The molecule has 0 heterocycles. The van der Waals surface area contributed by atoms with Gasteiger partial charge in [0.05, 0.1) is 0 Å². The molecule has 5 heteroatoms. The molecule has 0 aliphatic carbocycles. The van der Waals surface area contributed by atoms with Crippen molar-refractivity contribution in [1.82, 2.24) is 0 Å². The molecule has 1 aromatic carbocycles. The summed E-state index contributed by atoms with van der Waals surface area (Å²) < 4.78 is 11.6. The number of hydrogen-bond acceptors (Lipinski definition) is 3. The molecule has 1 aromatic rings. The first-order valence-electron chi connectivity index (χ1n) is 8.15. The van der Waals surface area contributed by atoms with Crippen molar-refractivity contribution in [2.75, 3.05) is 0 Å². The van der Waals surface area contributed by atoms with Crippen LogP contribution in [0.1, 0.15) is 18.9 Å². The third kappa shape index (κ3) is 8.30. The van der Waals surface area contributed by atoms with E-state index in [-0.39, 0.29) is 5.97 Å². The number of carbonyl (C=O) groups is 1. The lowest BCUT2D eigenvalue weighted by Crippen LogP contribution is -2.42. The molecule has 0 saturated heterocycles. The Kier molecular flexibility index (Phi) is 6.98. The van der Waals surface area contributed by atoms with Gasteiger partial charge in [-0.2, -0.15) is 0 Å². The van der Waals surface area contributed by atoms with Crippen molar-refractivity contribution < 1.29 is 13.6 Å². The summed E-state index contributed by atoms with van der Waals surface area (Å²) in [7, 11) is -3.00. The average Bonchev–Trinajstić information content (AvgIpc) is 2.37. The number of benzene rings is 1. The molecule has 1 rings (SSSR count). The van der Waals surface area contributed by atoms with Crippen LogP contribution in [0, 0.1) is 0 Å². The van der Waals surface area contributed by atoms with Crippen molar-refractivity contribution >= 4 is 22.6 Å². The van der Waals surface area contributed by atoms with Gasteiger partial charge in [-0.05, 0) is 76.2 Å². The molecule has 0 fully saturated rings. The quantitative estimate of drug-likeness (QED) is 0.281. The smallest absolute Gasteiger partial charge is 0.338 e. The first-order chi connectivity index (χ1) is 10.5. The first kappa shape index (κ1) is 19.9. The molecular formula is C18H30O3Si2. The van der Waals surface area contributed by atoms with Crippen molar-refractivity contribution in [1.29, 1.82) is 0 Å². The highest BCUT2D eigenvalue weighted by Crippen LogP contribution is 2.22. The van der Waals surface area contributed by atoms with Crippen LogP contribution in [0.3, 0.4) is 0 Å². The van der Waals surface area contributed by atoms with Crippen LogP contribution in [0.4, 0.5) is 0 Å². The van der Waals surface area contributed by atoms with E-state index in [0.717, 1.165) is 12.8 Å². The standard InChI is InChI=1S/C18H30O3Si2/c1-15(2)18(19)20-17-12-10-16(11-13-17)9-8-14-23(6,7)21-22(3,4)5/h10-13H,1,8-9,14H2,2-7H3. The van der Waals surface area contributed by atoms with Crippen LogP contribution in [-0.2, 0) is 15.3 Å². The molecule has 128 valence electrons. The molecule has 0 bridgehead atoms. The van der Waals surface area contributed by atoms with E-state index in [4.69, 9.17) is 8.85 Å². The van der Waals surface area contributed by atoms with Crippen molar-refractivity contribution in [3.63, 3.8) is 0 Å². The third-order valence-electron chi connectivity index (χ3n) is 3.31. The maximum atomic E-state index is 11.5. The number of ether oxygens (including phenoxy) is 1. The molecule has 0 radical (unpaired) electrons. The Morgan fingerprint density at radius 3 is 2.13 bits per heavy atom. The predicted molar refractivity (Wildman–Crippen MR) is 102 cm³/mol. The maximum absolute atomic E-state index is 11.5. The van der Waals surface area contributed by atoms with Crippen LogP contribution in [0.5, 0.6) is 5.75 Å². The Morgan fingerprint density at radius 1 is 1.09 bits per heavy atom. The summed E-state index contributed by atoms with van der Waals surface area (Å²) in [5.41, 5.74) is 1.67. The van der Waals surface area contributed by atoms with Crippen LogP contribution in [-0.4, -0.2) is 22.6 Å². The van der Waals surface area contributed by atoms with Crippen LogP contribution in [0.15, 0.2) is 36.4 Å². The zero-order valence-corrected chi connectivity index (χ0v) is 17.4. The molecule has 0 atom stereocenters. The van der Waals surface area contributed by atoms with Gasteiger partial charge in [0, 0.05) is 5.57 Å². The lowest BCUT2D eigenvalue weighted by atomic mass is 10.1. The number of hydrogen-bond donors (Lipinski definition) is 0. The molecule has 3 nitrogen and oxygen atoms in total. The van der Waals surface area contributed by atoms with Crippen LogP contribution < -0.4 is 4.74 Å². The molecule has 0 saturated carbocycles. The average molecular weight is 351 g/mol. The maximum Gasteiger partial charge on any atom is 0.338 e. The zero-order chi connectivity index (χ0) is 17.7. The Labute approximate surface area is 143 Å². The van der Waals surface area contributed by atoms with E-state index < -0.39 is 16.6 Å². The van der Waals surface area contributed by atoms with Gasteiger partial charge in [-0.25, -0.2) is 4.79 Å². The van der Waals surface area contributed by atoms with Gasteiger partial charge in [0.1, 0.15) is 5.75 Å². The zero-order valence-electron chi connectivity index (χ0n) is 15.4. The number of aryl methyl sites for hydroxylation is 1. The summed E-state index contributed by atoms with van der Waals surface area (Å²) in [6.45, 7) is 16.6. The fraction of sp³-hybridized carbons (Fsp3) is 0.500. The van der Waals surface area contributed by atoms with Gasteiger partial charge in [0.2, 0.25) is 0 Å². The monoisotopic (exact) mass is 350 g/mol. The van der Waals surface area contributed by atoms with Gasteiger partial charge < -0.3 is 8.85 Å². The lowest BCUT2D eigenvalue weighted by Gasteiger charge is -2.31. The van der Waals surface area contributed by atoms with Crippen LogP contribution in [0.2, 0.25) is 38.8 Å². The number of carbonyl (C=O) groups excluding carboxylic acids is 1. The van der Waals surface area contributed by atoms with Gasteiger partial charge >= 0.3 is 5.97 Å². The highest BCUT2D eigenvalue weighted by molar-refractivity contribution is 6.84. The molecule has 0 aliphatic rings. The number of rotatable bonds is 8. The molecule has 0 unspecified atom stereocenters. The van der Waals surface area contributed by atoms with E-state index in [1.165, 1.54) is 11.6 Å². The predicted octanol–water partition coefficient (Wildman–Crippen LogP) is 5.16. The first-order valence-corrected chi connectivity index (χ1v) is 14.7. The molecule has 0 amide bonds. The molecule has 23 heavy (non-hydrogen) atoms. The Balaban J connectivity index is 2.47. The second-order valence-corrected chi connectivity index (χ2v) is 16.7. The fourth-order valence-corrected chi connectivity index (χ4v) is 10.6. The van der Waals surface area contributed by atoms with Crippen molar-refractivity contribution in [2.24, 2.45) is 0 Å². The second-order valence-electron chi connectivity index (χ2n) is 7.64. The minimum absolute atomic E-state index is 0.381. The summed E-state index contributed by atoms with van der Waals surface area (Å²) in [6, 6.07) is 8.90. The molecular weight excluding hydrogens is 320 g/mol. The van der Waals surface area contributed by atoms with Gasteiger partial charge in [-0.15, -0.1) is 0 Å². The largest absolute Gasteiger partial charge is 0.456 e. The minimum Gasteiger partial charge on any atom is -0.456 e. The van der Waals surface area contributed by atoms with E-state index >= 15 is 0 Å². The highest BCUT2D eigenvalue weighted by atomic mass is 28.4. The summed E-state index contributed by atoms with van der Waals surface area (Å²) in [4.78, 5) is 11.5. The summed E-state index contributed by atoms with van der Waals surface area (Å²) in [6.07, 6.45) is 2.16. The molecule has 0 spiro atoms. The van der Waals surface area contributed by atoms with Gasteiger partial charge in [-0.1, -0.05) is 18.7 Å². The molecule has 0 N–H and O–H groups in total. The van der Waals surface area contributed by atoms with E-state index in [0.29, 0.717) is 11.3 Å². The van der Waals surface area contributed by atoms with E-state index in [2.05, 4.69) is 39.3 Å². The van der Waals surface area contributed by atoms with Crippen molar-refractivity contribution in [2.45, 2.75) is 58.5 Å². The third-order valence-corrected chi connectivity index (χ3v) is 9.53. The van der Waals surface area contributed by atoms with Gasteiger partial charge in [0.25, 0.3) is 0 Å². The fourth-order valence-electron chi connectivity index (χ4n) is 2.52. The minimum atomic E-state index is -1.56. The topological polar surface area (TPSA) is 35.5 Å². The normalized spacial score (nSPS) is 12.1. The second kappa shape index (κ2) is 8.08. The summed E-state index contributed by atoms with van der Waals surface area (Å²) in [5, 5.41) is 0. The molecule has 0 aromatic heterocycles. The van der Waals surface area contributed by atoms with Gasteiger partial charge in [0.15, 0.2) is 16.6 Å². The highest BCUT2D eigenvalue weighted by Gasteiger charge is 2.28. The Hall–Kier alpha value is -1.18. The van der Waals surface area contributed by atoms with E-state index in [1.807, 2.05) is 24.3 Å². The van der Waals surface area contributed by atoms with Crippen LogP contribution >= 0.6 is 0 Å². The molecule has 0 aliphatic heterocycles. The Morgan fingerprint density at radius 2 is 1.65 bits per heavy atom. The SMILES string of the molecule is C=C(C)C(=O)Oc1ccc(CCC[Si](C)(C)O[Si](C)(C)C)cc1. The Bertz CT molecular complexity index is 542. The van der Waals surface area contributed by atoms with E-state index in [9.17, 15) is 4.79 Å². The van der Waals surface area contributed by atoms with Crippen LogP contribution in [0.25, 0.3) is 0 Å².